The van der Waals surface area contributed by atoms with Gasteiger partial charge in [0.15, 0.2) is 0 Å². The Hall–Kier alpha value is -1.06. The van der Waals surface area contributed by atoms with Gasteiger partial charge in [-0.3, -0.25) is 4.79 Å². The lowest BCUT2D eigenvalue weighted by atomic mass is 9.89. The van der Waals surface area contributed by atoms with E-state index in [1.165, 1.54) is 0 Å². The molecule has 1 amide bonds. The highest BCUT2D eigenvalue weighted by atomic mass is 35.5. The van der Waals surface area contributed by atoms with Crippen molar-refractivity contribution in [2.45, 2.75) is 31.8 Å². The first kappa shape index (κ1) is 12.4. The number of aryl methyl sites for hydroxylation is 1. The number of carbonyl (C=O) groups excluding carboxylic acids is 1. The van der Waals surface area contributed by atoms with Gasteiger partial charge in [-0.2, -0.15) is 0 Å². The molecule has 2 atom stereocenters. The molecule has 1 aliphatic heterocycles. The molecule has 0 spiro atoms. The minimum Gasteiger partial charge on any atom is -0.337 e. The molecule has 1 aliphatic rings. The van der Waals surface area contributed by atoms with Crippen LogP contribution in [0.4, 0.5) is 0 Å². The van der Waals surface area contributed by atoms with Crippen molar-refractivity contribution in [2.75, 3.05) is 7.05 Å². The van der Waals surface area contributed by atoms with E-state index in [0.29, 0.717) is 11.4 Å². The number of amides is 1. The fourth-order valence-corrected chi connectivity index (χ4v) is 2.70. The molecule has 2 rings (SSSR count). The summed E-state index contributed by atoms with van der Waals surface area (Å²) < 4.78 is 0. The predicted octanol–water partition coefficient (Wildman–Crippen LogP) is 2.27. The summed E-state index contributed by atoms with van der Waals surface area (Å²) in [7, 11) is 1.82. The van der Waals surface area contributed by atoms with Crippen molar-refractivity contribution < 1.29 is 4.79 Å². The van der Waals surface area contributed by atoms with Crippen molar-refractivity contribution in [3.05, 3.63) is 34.3 Å². The summed E-state index contributed by atoms with van der Waals surface area (Å²) in [6.07, 6.45) is 1.29. The Bertz CT molecular complexity index is 447. The molecule has 0 aliphatic carbocycles. The zero-order chi connectivity index (χ0) is 12.6. The van der Waals surface area contributed by atoms with Gasteiger partial charge in [0.25, 0.3) is 0 Å². The normalized spacial score (nSPS) is 25.2. The van der Waals surface area contributed by atoms with Gasteiger partial charge in [0, 0.05) is 24.5 Å². The molecule has 1 fully saturated rings. The second-order valence-corrected chi connectivity index (χ2v) is 5.09. The van der Waals surface area contributed by atoms with Crippen molar-refractivity contribution in [3.63, 3.8) is 0 Å². The molecule has 0 radical (unpaired) electrons. The highest BCUT2D eigenvalue weighted by molar-refractivity contribution is 6.30. The molecule has 1 heterocycles. The van der Waals surface area contributed by atoms with E-state index < -0.39 is 0 Å². The summed E-state index contributed by atoms with van der Waals surface area (Å²) in [5, 5.41) is 0.713. The van der Waals surface area contributed by atoms with Crippen molar-refractivity contribution in [1.29, 1.82) is 0 Å². The molecular weight excluding hydrogens is 236 g/mol. The summed E-state index contributed by atoms with van der Waals surface area (Å²) in [5.41, 5.74) is 8.32. The third-order valence-electron chi connectivity index (χ3n) is 3.46. The van der Waals surface area contributed by atoms with Crippen LogP contribution in [0.1, 0.15) is 30.0 Å². The molecule has 3 nitrogen and oxygen atoms in total. The first-order valence-electron chi connectivity index (χ1n) is 5.78. The van der Waals surface area contributed by atoms with Crippen molar-refractivity contribution in [2.24, 2.45) is 5.73 Å². The average Bonchev–Trinajstić information content (AvgIpc) is 2.27. The van der Waals surface area contributed by atoms with Gasteiger partial charge in [-0.15, -0.1) is 0 Å². The van der Waals surface area contributed by atoms with E-state index in [1.54, 1.807) is 4.90 Å². The van der Waals surface area contributed by atoms with Crippen LogP contribution in [0.25, 0.3) is 0 Å². The topological polar surface area (TPSA) is 46.3 Å². The van der Waals surface area contributed by atoms with Gasteiger partial charge in [-0.25, -0.2) is 0 Å². The van der Waals surface area contributed by atoms with E-state index in [4.69, 9.17) is 17.3 Å². The summed E-state index contributed by atoms with van der Waals surface area (Å²) >= 11 is 5.95. The second kappa shape index (κ2) is 4.67. The van der Waals surface area contributed by atoms with Crippen LogP contribution in [0.3, 0.4) is 0 Å². The Morgan fingerprint density at radius 2 is 2.18 bits per heavy atom. The number of likely N-dealkylation sites (tertiary alicyclic amines) is 1. The number of nitrogens with two attached hydrogens (primary N) is 1. The Morgan fingerprint density at radius 3 is 2.82 bits per heavy atom. The molecule has 0 bridgehead atoms. The fraction of sp³-hybridized carbons (Fsp3) is 0.462. The standard InChI is InChI=1S/C13H17ClN2O/c1-8-7-9(14)3-4-10(8)13-11(15)5-6-12(17)16(13)2/h3-4,7,11,13H,5-6,15H2,1-2H3. The first-order valence-corrected chi connectivity index (χ1v) is 6.16. The Labute approximate surface area is 107 Å². The number of carbonyl (C=O) groups is 1. The van der Waals surface area contributed by atoms with E-state index in [2.05, 4.69) is 0 Å². The summed E-state index contributed by atoms with van der Waals surface area (Å²) in [4.78, 5) is 13.5. The third kappa shape index (κ3) is 2.31. The number of rotatable bonds is 1. The van der Waals surface area contributed by atoms with Crippen molar-refractivity contribution in [1.82, 2.24) is 4.90 Å². The molecule has 0 aromatic heterocycles. The van der Waals surface area contributed by atoms with E-state index in [0.717, 1.165) is 17.5 Å². The van der Waals surface area contributed by atoms with Gasteiger partial charge in [-0.05, 0) is 36.6 Å². The number of likely N-dealkylation sites (N-methyl/N-ethyl adjacent to an activating group) is 1. The fourth-order valence-electron chi connectivity index (χ4n) is 2.48. The van der Waals surface area contributed by atoms with Crippen LogP contribution in [-0.4, -0.2) is 23.9 Å². The molecule has 1 saturated heterocycles. The molecule has 92 valence electrons. The molecule has 2 unspecified atom stereocenters. The minimum atomic E-state index is -0.0338. The molecule has 0 saturated carbocycles. The second-order valence-electron chi connectivity index (χ2n) is 4.65. The lowest BCUT2D eigenvalue weighted by Crippen LogP contribution is -2.47. The van der Waals surface area contributed by atoms with Crippen LogP contribution in [0, 0.1) is 6.92 Å². The van der Waals surface area contributed by atoms with Crippen molar-refractivity contribution >= 4 is 17.5 Å². The highest BCUT2D eigenvalue weighted by Gasteiger charge is 2.33. The maximum atomic E-state index is 11.7. The summed E-state index contributed by atoms with van der Waals surface area (Å²) in [6, 6.07) is 5.70. The number of hydrogen-bond acceptors (Lipinski definition) is 2. The van der Waals surface area contributed by atoms with E-state index in [1.807, 2.05) is 32.2 Å². The summed E-state index contributed by atoms with van der Waals surface area (Å²) in [6.45, 7) is 2.00. The molecular formula is C13H17ClN2O. The van der Waals surface area contributed by atoms with Crippen LogP contribution in [0.15, 0.2) is 18.2 Å². The number of nitrogens with zero attached hydrogens (tertiary/aromatic N) is 1. The van der Waals surface area contributed by atoms with Gasteiger partial charge in [0.2, 0.25) is 5.91 Å². The number of hydrogen-bond donors (Lipinski definition) is 1. The quantitative estimate of drug-likeness (QED) is 0.834. The lowest BCUT2D eigenvalue weighted by molar-refractivity contribution is -0.135. The molecule has 17 heavy (non-hydrogen) atoms. The zero-order valence-corrected chi connectivity index (χ0v) is 10.9. The number of halogens is 1. The van der Waals surface area contributed by atoms with Gasteiger partial charge in [0.05, 0.1) is 6.04 Å². The smallest absolute Gasteiger partial charge is 0.222 e. The zero-order valence-electron chi connectivity index (χ0n) is 10.1. The average molecular weight is 253 g/mol. The maximum absolute atomic E-state index is 11.7. The van der Waals surface area contributed by atoms with E-state index >= 15 is 0 Å². The Kier molecular flexibility index (Phi) is 3.40. The molecule has 1 aromatic rings. The van der Waals surface area contributed by atoms with Gasteiger partial charge in [0.1, 0.15) is 0 Å². The number of piperidine rings is 1. The SMILES string of the molecule is Cc1cc(Cl)ccc1C1C(N)CCC(=O)N1C. The molecule has 1 aromatic carbocycles. The van der Waals surface area contributed by atoms with Crippen LogP contribution in [-0.2, 0) is 4.79 Å². The van der Waals surface area contributed by atoms with Gasteiger partial charge >= 0.3 is 0 Å². The monoisotopic (exact) mass is 252 g/mol. The van der Waals surface area contributed by atoms with Crippen LogP contribution in [0.5, 0.6) is 0 Å². The largest absolute Gasteiger partial charge is 0.337 e. The maximum Gasteiger partial charge on any atom is 0.222 e. The molecule has 4 heteroatoms. The van der Waals surface area contributed by atoms with Gasteiger partial charge < -0.3 is 10.6 Å². The lowest BCUT2D eigenvalue weighted by Gasteiger charge is -2.38. The Balaban J connectivity index is 2.39. The minimum absolute atomic E-state index is 0.00224. The van der Waals surface area contributed by atoms with E-state index in [9.17, 15) is 4.79 Å². The van der Waals surface area contributed by atoms with Crippen LogP contribution >= 0.6 is 11.6 Å². The predicted molar refractivity (Wildman–Crippen MR) is 68.9 cm³/mol. The first-order chi connectivity index (χ1) is 8.00. The highest BCUT2D eigenvalue weighted by Crippen LogP contribution is 2.32. The van der Waals surface area contributed by atoms with Gasteiger partial charge in [-0.1, -0.05) is 17.7 Å². The van der Waals surface area contributed by atoms with Crippen LogP contribution in [0.2, 0.25) is 5.02 Å². The Morgan fingerprint density at radius 1 is 1.47 bits per heavy atom. The third-order valence-corrected chi connectivity index (χ3v) is 3.69. The van der Waals surface area contributed by atoms with E-state index in [-0.39, 0.29) is 18.0 Å². The number of benzene rings is 1. The van der Waals surface area contributed by atoms with Crippen molar-refractivity contribution in [3.8, 4) is 0 Å². The van der Waals surface area contributed by atoms with Crippen LogP contribution < -0.4 is 5.73 Å². The molecule has 2 N–H and O–H groups in total. The summed E-state index contributed by atoms with van der Waals surface area (Å²) in [5.74, 6) is 0.158.